The van der Waals surface area contributed by atoms with Crippen molar-refractivity contribution in [1.29, 1.82) is 0 Å². The number of nitrogens with one attached hydrogen (secondary N) is 2. The molecule has 172 valence electrons. The Balaban J connectivity index is 1.44. The number of rotatable bonds is 7. The maximum absolute atomic E-state index is 13.1. The second-order valence-electron chi connectivity index (χ2n) is 8.39. The van der Waals surface area contributed by atoms with E-state index in [9.17, 15) is 9.59 Å². The maximum atomic E-state index is 13.1. The lowest BCUT2D eigenvalue weighted by Crippen LogP contribution is -2.45. The van der Waals surface area contributed by atoms with Crippen molar-refractivity contribution in [3.05, 3.63) is 84.3 Å². The van der Waals surface area contributed by atoms with Crippen LogP contribution in [0.4, 0.5) is 11.4 Å². The van der Waals surface area contributed by atoms with Gasteiger partial charge >= 0.3 is 0 Å². The lowest BCUT2D eigenvalue weighted by Gasteiger charge is -2.36. The second kappa shape index (κ2) is 10.4. The molecule has 3 aromatic rings. The van der Waals surface area contributed by atoms with Gasteiger partial charge in [0.25, 0.3) is 5.91 Å². The summed E-state index contributed by atoms with van der Waals surface area (Å²) < 4.78 is 11.0. The lowest BCUT2D eigenvalue weighted by molar-refractivity contribution is -0.118. The zero-order chi connectivity index (χ0) is 23.2. The third-order valence-electron chi connectivity index (χ3n) is 5.57. The van der Waals surface area contributed by atoms with E-state index in [-0.39, 0.29) is 23.9 Å². The number of anilines is 2. The molecule has 0 radical (unpaired) electrons. The molecule has 2 N–H and O–H groups in total. The zero-order valence-electron chi connectivity index (χ0n) is 18.9. The van der Waals surface area contributed by atoms with Gasteiger partial charge < -0.3 is 24.7 Å². The predicted molar refractivity (Wildman–Crippen MR) is 127 cm³/mol. The summed E-state index contributed by atoms with van der Waals surface area (Å²) in [5.74, 6) is -0.554. The molecular formula is C26H29N3O4. The van der Waals surface area contributed by atoms with Crippen LogP contribution in [-0.4, -0.2) is 43.2 Å². The molecule has 1 fully saturated rings. The van der Waals surface area contributed by atoms with Crippen molar-refractivity contribution in [2.45, 2.75) is 38.5 Å². The van der Waals surface area contributed by atoms with Gasteiger partial charge in [0.1, 0.15) is 6.04 Å². The van der Waals surface area contributed by atoms with E-state index in [1.165, 1.54) is 6.26 Å². The monoisotopic (exact) mass is 447 g/mol. The molecule has 2 amide bonds. The average molecular weight is 448 g/mol. The van der Waals surface area contributed by atoms with Gasteiger partial charge in [-0.2, -0.15) is 0 Å². The lowest BCUT2D eigenvalue weighted by atomic mass is 10.0. The van der Waals surface area contributed by atoms with Gasteiger partial charge in [-0.3, -0.25) is 9.59 Å². The number of amides is 2. The molecule has 1 aliphatic rings. The number of ether oxygens (including phenoxy) is 1. The van der Waals surface area contributed by atoms with Crippen LogP contribution in [0.5, 0.6) is 0 Å². The Kier molecular flexibility index (Phi) is 7.10. The van der Waals surface area contributed by atoms with Crippen molar-refractivity contribution in [3.8, 4) is 0 Å². The molecule has 1 saturated heterocycles. The number of carbonyl (C=O) groups is 2. The summed E-state index contributed by atoms with van der Waals surface area (Å²) in [6.07, 6.45) is 2.13. The molecular weight excluding hydrogens is 418 g/mol. The highest BCUT2D eigenvalue weighted by Gasteiger charge is 2.24. The van der Waals surface area contributed by atoms with E-state index in [0.717, 1.165) is 24.3 Å². The van der Waals surface area contributed by atoms with Gasteiger partial charge in [-0.1, -0.05) is 30.3 Å². The first-order chi connectivity index (χ1) is 16.0. The van der Waals surface area contributed by atoms with Crippen molar-refractivity contribution in [3.63, 3.8) is 0 Å². The fourth-order valence-corrected chi connectivity index (χ4v) is 4.07. The Morgan fingerprint density at radius 3 is 2.30 bits per heavy atom. The molecule has 3 unspecified atom stereocenters. The van der Waals surface area contributed by atoms with E-state index < -0.39 is 11.9 Å². The Morgan fingerprint density at radius 2 is 1.67 bits per heavy atom. The first-order valence-electron chi connectivity index (χ1n) is 11.2. The van der Waals surface area contributed by atoms with Gasteiger partial charge in [0.2, 0.25) is 5.91 Å². The molecule has 1 aromatic heterocycles. The topological polar surface area (TPSA) is 83.8 Å². The normalized spacial score (nSPS) is 19.0. The third-order valence-corrected chi connectivity index (χ3v) is 5.57. The van der Waals surface area contributed by atoms with Gasteiger partial charge in [0.05, 0.1) is 18.5 Å². The van der Waals surface area contributed by atoms with Gasteiger partial charge in [-0.25, -0.2) is 0 Å². The predicted octanol–water partition coefficient (Wildman–Crippen LogP) is 3.87. The van der Waals surface area contributed by atoms with Crippen molar-refractivity contribution >= 4 is 23.2 Å². The molecule has 7 heteroatoms. The molecule has 0 spiro atoms. The van der Waals surface area contributed by atoms with Crippen LogP contribution in [0, 0.1) is 0 Å². The fraction of sp³-hybridized carbons (Fsp3) is 0.308. The molecule has 2 heterocycles. The van der Waals surface area contributed by atoms with Crippen molar-refractivity contribution in [1.82, 2.24) is 5.32 Å². The summed E-state index contributed by atoms with van der Waals surface area (Å²) in [5.41, 5.74) is 2.70. The second-order valence-corrected chi connectivity index (χ2v) is 8.39. The molecule has 4 rings (SSSR count). The van der Waals surface area contributed by atoms with Crippen LogP contribution in [0.3, 0.4) is 0 Å². The number of hydrogen-bond acceptors (Lipinski definition) is 5. The highest BCUT2D eigenvalue weighted by molar-refractivity contribution is 6.00. The van der Waals surface area contributed by atoms with Crippen LogP contribution in [-0.2, 0) is 16.0 Å². The van der Waals surface area contributed by atoms with Gasteiger partial charge in [-0.15, -0.1) is 0 Å². The van der Waals surface area contributed by atoms with Crippen molar-refractivity contribution in [2.75, 3.05) is 23.3 Å². The summed E-state index contributed by atoms with van der Waals surface area (Å²) in [4.78, 5) is 27.9. The van der Waals surface area contributed by atoms with Crippen LogP contribution in [0.1, 0.15) is 30.0 Å². The van der Waals surface area contributed by atoms with Crippen LogP contribution in [0.25, 0.3) is 0 Å². The van der Waals surface area contributed by atoms with Gasteiger partial charge in [0, 0.05) is 30.9 Å². The highest BCUT2D eigenvalue weighted by atomic mass is 16.5. The minimum atomic E-state index is -0.759. The third kappa shape index (κ3) is 6.02. The number of nitrogens with zero attached hydrogens (tertiary/aromatic N) is 1. The summed E-state index contributed by atoms with van der Waals surface area (Å²) in [5, 5.41) is 5.73. The number of morpholine rings is 1. The van der Waals surface area contributed by atoms with E-state index in [1.807, 2.05) is 54.6 Å². The first kappa shape index (κ1) is 22.6. The van der Waals surface area contributed by atoms with Crippen LogP contribution >= 0.6 is 0 Å². The highest BCUT2D eigenvalue weighted by Crippen LogP contribution is 2.22. The molecule has 0 bridgehead atoms. The Morgan fingerprint density at radius 1 is 0.970 bits per heavy atom. The Labute approximate surface area is 193 Å². The van der Waals surface area contributed by atoms with E-state index in [2.05, 4.69) is 29.4 Å². The van der Waals surface area contributed by atoms with Crippen LogP contribution in [0.15, 0.2) is 77.4 Å². The molecule has 3 atom stereocenters. The number of furan rings is 1. The molecule has 2 aromatic carbocycles. The zero-order valence-corrected chi connectivity index (χ0v) is 18.9. The first-order valence-corrected chi connectivity index (χ1v) is 11.2. The van der Waals surface area contributed by atoms with E-state index in [0.29, 0.717) is 12.1 Å². The fourth-order valence-electron chi connectivity index (χ4n) is 4.07. The quantitative estimate of drug-likeness (QED) is 0.574. The Bertz CT molecular complexity index is 1040. The van der Waals surface area contributed by atoms with E-state index in [1.54, 1.807) is 12.1 Å². The van der Waals surface area contributed by atoms with Gasteiger partial charge in [0.15, 0.2) is 5.76 Å². The molecule has 7 nitrogen and oxygen atoms in total. The van der Waals surface area contributed by atoms with E-state index >= 15 is 0 Å². The molecule has 0 saturated carbocycles. The molecule has 1 aliphatic heterocycles. The summed E-state index contributed by atoms with van der Waals surface area (Å²) >= 11 is 0. The number of carbonyl (C=O) groups excluding carboxylic acids is 2. The smallest absolute Gasteiger partial charge is 0.287 e. The molecule has 33 heavy (non-hydrogen) atoms. The SMILES string of the molecule is CC1CN(c2ccc(NC(=O)C(Cc3ccccc3)NC(=O)c3ccco3)cc2)CC(C)O1. The summed E-state index contributed by atoms with van der Waals surface area (Å²) in [6, 6.07) is 19.8. The van der Waals surface area contributed by atoms with Crippen molar-refractivity contribution < 1.29 is 18.7 Å². The number of benzene rings is 2. The van der Waals surface area contributed by atoms with Crippen molar-refractivity contribution in [2.24, 2.45) is 0 Å². The number of hydrogen-bond donors (Lipinski definition) is 2. The van der Waals surface area contributed by atoms with Crippen LogP contribution < -0.4 is 15.5 Å². The minimum Gasteiger partial charge on any atom is -0.459 e. The maximum Gasteiger partial charge on any atom is 0.287 e. The van der Waals surface area contributed by atoms with E-state index in [4.69, 9.17) is 9.15 Å². The summed E-state index contributed by atoms with van der Waals surface area (Å²) in [6.45, 7) is 5.80. The average Bonchev–Trinajstić information content (AvgIpc) is 3.34. The van der Waals surface area contributed by atoms with Crippen LogP contribution in [0.2, 0.25) is 0 Å². The van der Waals surface area contributed by atoms with Gasteiger partial charge in [-0.05, 0) is 55.8 Å². The Hall–Kier alpha value is -3.58. The standard InChI is InChI=1S/C26H29N3O4/c1-18-16-29(17-19(2)33-18)22-12-10-21(11-13-22)27-25(30)23(15-20-7-4-3-5-8-20)28-26(31)24-9-6-14-32-24/h3-14,18-19,23H,15-17H2,1-2H3,(H,27,30)(H,28,31). The molecule has 0 aliphatic carbocycles. The minimum absolute atomic E-state index is 0.166. The summed E-state index contributed by atoms with van der Waals surface area (Å²) in [7, 11) is 0. The largest absolute Gasteiger partial charge is 0.459 e.